The Morgan fingerprint density at radius 2 is 1.89 bits per heavy atom. The maximum Gasteiger partial charge on any atom is 0.0208 e. The molecule has 1 aliphatic rings. The first-order valence-corrected chi connectivity index (χ1v) is 6.79. The molecule has 1 nitrogen and oxygen atoms in total. The zero-order valence-electron chi connectivity index (χ0n) is 10.9. The van der Waals surface area contributed by atoms with E-state index in [1.165, 1.54) is 27.8 Å². The fourth-order valence-corrected chi connectivity index (χ4v) is 2.76. The molecule has 2 aromatic carbocycles. The van der Waals surface area contributed by atoms with E-state index in [4.69, 9.17) is 0 Å². The standard InChI is InChI=1S/C17H19N/c1-2-13-10-15-8-9-18-12-16(15)11-17(13)14-6-4-3-5-7-14/h3-7,10-11,18H,2,8-9,12H2,1H3. The molecule has 0 atom stereocenters. The van der Waals surface area contributed by atoms with Crippen LogP contribution in [0.15, 0.2) is 42.5 Å². The van der Waals surface area contributed by atoms with Gasteiger partial charge in [0.15, 0.2) is 0 Å². The van der Waals surface area contributed by atoms with Gasteiger partial charge in [0, 0.05) is 6.54 Å². The predicted octanol–water partition coefficient (Wildman–Crippen LogP) is 3.56. The van der Waals surface area contributed by atoms with Gasteiger partial charge in [-0.2, -0.15) is 0 Å². The van der Waals surface area contributed by atoms with Gasteiger partial charge < -0.3 is 5.32 Å². The van der Waals surface area contributed by atoms with Crippen molar-refractivity contribution in [2.24, 2.45) is 0 Å². The molecule has 1 heterocycles. The molecular formula is C17H19N. The Bertz CT molecular complexity index is 543. The van der Waals surface area contributed by atoms with Crippen LogP contribution >= 0.6 is 0 Å². The smallest absolute Gasteiger partial charge is 0.0208 e. The molecule has 18 heavy (non-hydrogen) atoms. The highest BCUT2D eigenvalue weighted by Gasteiger charge is 2.13. The summed E-state index contributed by atoms with van der Waals surface area (Å²) in [6.45, 7) is 4.37. The predicted molar refractivity (Wildman–Crippen MR) is 76.7 cm³/mol. The van der Waals surface area contributed by atoms with Crippen LogP contribution in [-0.4, -0.2) is 6.54 Å². The second kappa shape index (κ2) is 4.95. The van der Waals surface area contributed by atoms with Crippen LogP contribution in [0.2, 0.25) is 0 Å². The molecule has 0 saturated carbocycles. The van der Waals surface area contributed by atoms with Crippen molar-refractivity contribution in [1.82, 2.24) is 5.32 Å². The van der Waals surface area contributed by atoms with Gasteiger partial charge in [-0.3, -0.25) is 0 Å². The average Bonchev–Trinajstić information content (AvgIpc) is 2.46. The summed E-state index contributed by atoms with van der Waals surface area (Å²) in [5, 5.41) is 3.46. The third kappa shape index (κ3) is 2.06. The van der Waals surface area contributed by atoms with Gasteiger partial charge in [0.25, 0.3) is 0 Å². The van der Waals surface area contributed by atoms with E-state index in [1.54, 1.807) is 0 Å². The molecule has 0 aliphatic carbocycles. The van der Waals surface area contributed by atoms with Gasteiger partial charge in [0.05, 0.1) is 0 Å². The summed E-state index contributed by atoms with van der Waals surface area (Å²) < 4.78 is 0. The Morgan fingerprint density at radius 3 is 2.67 bits per heavy atom. The van der Waals surface area contributed by atoms with E-state index in [-0.39, 0.29) is 0 Å². The minimum atomic E-state index is 1.01. The summed E-state index contributed by atoms with van der Waals surface area (Å²) >= 11 is 0. The number of hydrogen-bond donors (Lipinski definition) is 1. The topological polar surface area (TPSA) is 12.0 Å². The van der Waals surface area contributed by atoms with Crippen LogP contribution in [0.25, 0.3) is 11.1 Å². The third-order valence-corrected chi connectivity index (χ3v) is 3.78. The van der Waals surface area contributed by atoms with E-state index in [0.29, 0.717) is 0 Å². The molecule has 92 valence electrons. The average molecular weight is 237 g/mol. The van der Waals surface area contributed by atoms with Gasteiger partial charge in [-0.25, -0.2) is 0 Å². The fourth-order valence-electron chi connectivity index (χ4n) is 2.76. The summed E-state index contributed by atoms with van der Waals surface area (Å²) in [6, 6.07) is 15.5. The van der Waals surface area contributed by atoms with E-state index >= 15 is 0 Å². The number of aryl methyl sites for hydroxylation is 1. The lowest BCUT2D eigenvalue weighted by atomic mass is 9.90. The van der Waals surface area contributed by atoms with E-state index in [1.807, 2.05) is 0 Å². The van der Waals surface area contributed by atoms with Crippen LogP contribution in [0.3, 0.4) is 0 Å². The summed E-state index contributed by atoms with van der Waals surface area (Å²) in [7, 11) is 0. The number of nitrogens with one attached hydrogen (secondary N) is 1. The van der Waals surface area contributed by atoms with E-state index < -0.39 is 0 Å². The lowest BCUT2D eigenvalue weighted by Gasteiger charge is -2.20. The largest absolute Gasteiger partial charge is 0.312 e. The third-order valence-electron chi connectivity index (χ3n) is 3.78. The van der Waals surface area contributed by atoms with Gasteiger partial charge in [0.1, 0.15) is 0 Å². The van der Waals surface area contributed by atoms with Crippen LogP contribution in [0, 0.1) is 0 Å². The van der Waals surface area contributed by atoms with Crippen molar-refractivity contribution in [3.05, 3.63) is 59.2 Å². The minimum absolute atomic E-state index is 1.01. The van der Waals surface area contributed by atoms with Crippen molar-refractivity contribution in [1.29, 1.82) is 0 Å². The molecule has 0 radical (unpaired) electrons. The Labute approximate surface area is 109 Å². The molecular weight excluding hydrogens is 218 g/mol. The lowest BCUT2D eigenvalue weighted by Crippen LogP contribution is -2.23. The quantitative estimate of drug-likeness (QED) is 0.842. The van der Waals surface area contributed by atoms with Gasteiger partial charge in [-0.1, -0.05) is 43.3 Å². The molecule has 2 aromatic rings. The molecule has 0 aromatic heterocycles. The molecule has 3 rings (SSSR count). The van der Waals surface area contributed by atoms with Gasteiger partial charge in [-0.15, -0.1) is 0 Å². The molecule has 1 N–H and O–H groups in total. The number of hydrogen-bond acceptors (Lipinski definition) is 1. The Morgan fingerprint density at radius 1 is 1.06 bits per heavy atom. The lowest BCUT2D eigenvalue weighted by molar-refractivity contribution is 0.643. The van der Waals surface area contributed by atoms with Crippen molar-refractivity contribution >= 4 is 0 Å². The fraction of sp³-hybridized carbons (Fsp3) is 0.294. The second-order valence-electron chi connectivity index (χ2n) is 4.92. The van der Waals surface area contributed by atoms with Gasteiger partial charge >= 0.3 is 0 Å². The second-order valence-corrected chi connectivity index (χ2v) is 4.92. The van der Waals surface area contributed by atoms with Crippen LogP contribution in [-0.2, 0) is 19.4 Å². The summed E-state index contributed by atoms with van der Waals surface area (Å²) in [5.41, 5.74) is 7.22. The van der Waals surface area contributed by atoms with Crippen molar-refractivity contribution < 1.29 is 0 Å². The SMILES string of the molecule is CCc1cc2c(cc1-c1ccccc1)CNCC2. The summed E-state index contributed by atoms with van der Waals surface area (Å²) in [6.07, 6.45) is 2.27. The molecule has 0 saturated heterocycles. The van der Waals surface area contributed by atoms with Gasteiger partial charge in [-0.05, 0) is 53.3 Å². The van der Waals surface area contributed by atoms with Crippen LogP contribution in [0.4, 0.5) is 0 Å². The first kappa shape index (κ1) is 11.5. The Kier molecular flexibility index (Phi) is 3.16. The summed E-state index contributed by atoms with van der Waals surface area (Å²) in [4.78, 5) is 0. The highest BCUT2D eigenvalue weighted by atomic mass is 14.9. The zero-order chi connectivity index (χ0) is 12.4. The zero-order valence-corrected chi connectivity index (χ0v) is 10.9. The number of benzene rings is 2. The first-order valence-electron chi connectivity index (χ1n) is 6.79. The van der Waals surface area contributed by atoms with Crippen LogP contribution < -0.4 is 5.32 Å². The molecule has 0 bridgehead atoms. The first-order chi connectivity index (χ1) is 8.88. The van der Waals surface area contributed by atoms with Crippen LogP contribution in [0.5, 0.6) is 0 Å². The van der Waals surface area contributed by atoms with Crippen LogP contribution in [0.1, 0.15) is 23.6 Å². The summed E-state index contributed by atoms with van der Waals surface area (Å²) in [5.74, 6) is 0. The van der Waals surface area contributed by atoms with E-state index in [0.717, 1.165) is 25.9 Å². The van der Waals surface area contributed by atoms with Gasteiger partial charge in [0.2, 0.25) is 0 Å². The highest BCUT2D eigenvalue weighted by Crippen LogP contribution is 2.29. The normalized spacial score (nSPS) is 14.3. The number of rotatable bonds is 2. The van der Waals surface area contributed by atoms with Crippen molar-refractivity contribution in [2.75, 3.05) is 6.54 Å². The van der Waals surface area contributed by atoms with Crippen molar-refractivity contribution in [3.8, 4) is 11.1 Å². The molecule has 0 amide bonds. The van der Waals surface area contributed by atoms with E-state index in [2.05, 4.69) is 54.7 Å². The van der Waals surface area contributed by atoms with Crippen molar-refractivity contribution in [2.45, 2.75) is 26.3 Å². The molecule has 0 fully saturated rings. The maximum atomic E-state index is 3.46. The minimum Gasteiger partial charge on any atom is -0.312 e. The van der Waals surface area contributed by atoms with Crippen molar-refractivity contribution in [3.63, 3.8) is 0 Å². The molecule has 0 spiro atoms. The highest BCUT2D eigenvalue weighted by molar-refractivity contribution is 5.69. The Hall–Kier alpha value is -1.60. The Balaban J connectivity index is 2.13. The monoisotopic (exact) mass is 237 g/mol. The molecule has 1 aliphatic heterocycles. The number of fused-ring (bicyclic) bond motifs is 1. The molecule has 1 heteroatoms. The van der Waals surface area contributed by atoms with E-state index in [9.17, 15) is 0 Å². The molecule has 0 unspecified atom stereocenters. The maximum absolute atomic E-state index is 3.46.